The summed E-state index contributed by atoms with van der Waals surface area (Å²) in [7, 11) is 0. The summed E-state index contributed by atoms with van der Waals surface area (Å²) in [4.78, 5) is 8.28. The van der Waals surface area contributed by atoms with Crippen molar-refractivity contribution in [3.05, 3.63) is 95.6 Å². The van der Waals surface area contributed by atoms with Gasteiger partial charge in [-0.05, 0) is 60.9 Å². The van der Waals surface area contributed by atoms with Gasteiger partial charge in [0.15, 0.2) is 5.82 Å². The van der Waals surface area contributed by atoms with Gasteiger partial charge in [-0.2, -0.15) is 5.10 Å². The van der Waals surface area contributed by atoms with Gasteiger partial charge in [0.25, 0.3) is 0 Å². The van der Waals surface area contributed by atoms with Crippen molar-refractivity contribution >= 4 is 22.0 Å². The number of aromatic amines is 2. The summed E-state index contributed by atoms with van der Waals surface area (Å²) in [6.45, 7) is 7.70. The first-order valence-corrected chi connectivity index (χ1v) is 10.7. The molecule has 0 bridgehead atoms. The lowest BCUT2D eigenvalue weighted by molar-refractivity contribution is 0.627. The lowest BCUT2D eigenvalue weighted by Gasteiger charge is -2.14. The number of nitrogens with zero attached hydrogens (tertiary/aromatic N) is 2. The number of hydrogen-bond acceptors (Lipinski definition) is 3. The molecule has 0 unspecified atom stereocenters. The Balaban J connectivity index is 1.58. The number of nitrogens with one attached hydrogen (secondary N) is 3. The summed E-state index contributed by atoms with van der Waals surface area (Å²) < 4.78 is 13.4. The van der Waals surface area contributed by atoms with Gasteiger partial charge >= 0.3 is 0 Å². The SMILES string of the molecule is C=C/C=C(/c1ccc(F)cc1)c1nc(-c2n[nH]c3ccc(C4=CCNCC4)cc23)[nH]c1C. The second-order valence-electron chi connectivity index (χ2n) is 7.90. The Kier molecular flexibility index (Phi) is 5.29. The molecule has 0 aliphatic carbocycles. The van der Waals surface area contributed by atoms with Gasteiger partial charge in [-0.25, -0.2) is 9.37 Å². The fourth-order valence-corrected chi connectivity index (χ4v) is 4.17. The summed E-state index contributed by atoms with van der Waals surface area (Å²) >= 11 is 0. The fourth-order valence-electron chi connectivity index (χ4n) is 4.17. The molecule has 6 heteroatoms. The largest absolute Gasteiger partial charge is 0.340 e. The Morgan fingerprint density at radius 2 is 2.00 bits per heavy atom. The van der Waals surface area contributed by atoms with Crippen LogP contribution in [0, 0.1) is 12.7 Å². The van der Waals surface area contributed by atoms with Crippen LogP contribution in [0.1, 0.15) is 28.9 Å². The molecule has 0 fully saturated rings. The minimum Gasteiger partial charge on any atom is -0.340 e. The first-order valence-electron chi connectivity index (χ1n) is 10.7. The topological polar surface area (TPSA) is 69.4 Å². The molecule has 160 valence electrons. The summed E-state index contributed by atoms with van der Waals surface area (Å²) in [5, 5.41) is 12.1. The maximum atomic E-state index is 13.4. The zero-order chi connectivity index (χ0) is 22.1. The van der Waals surface area contributed by atoms with E-state index in [9.17, 15) is 4.39 Å². The van der Waals surface area contributed by atoms with Crippen molar-refractivity contribution < 1.29 is 4.39 Å². The molecule has 4 aromatic rings. The second-order valence-corrected chi connectivity index (χ2v) is 7.90. The number of H-pyrrole nitrogens is 2. The predicted molar refractivity (Wildman–Crippen MR) is 128 cm³/mol. The van der Waals surface area contributed by atoms with E-state index < -0.39 is 0 Å². The average molecular weight is 426 g/mol. The normalized spacial score (nSPS) is 14.6. The van der Waals surface area contributed by atoms with Gasteiger partial charge in [-0.15, -0.1) is 0 Å². The van der Waals surface area contributed by atoms with E-state index in [4.69, 9.17) is 4.98 Å². The molecule has 0 atom stereocenters. The summed E-state index contributed by atoms with van der Waals surface area (Å²) in [5.74, 6) is 0.422. The molecule has 1 aliphatic heterocycles. The van der Waals surface area contributed by atoms with Crippen LogP contribution in [0.4, 0.5) is 4.39 Å². The first-order chi connectivity index (χ1) is 15.6. The van der Waals surface area contributed by atoms with Crippen LogP contribution in [0.2, 0.25) is 0 Å². The zero-order valence-electron chi connectivity index (χ0n) is 17.9. The van der Waals surface area contributed by atoms with Crippen LogP contribution < -0.4 is 5.32 Å². The minimum absolute atomic E-state index is 0.270. The molecule has 0 spiro atoms. The maximum Gasteiger partial charge on any atom is 0.159 e. The third kappa shape index (κ3) is 3.69. The number of imidazole rings is 1. The van der Waals surface area contributed by atoms with E-state index in [2.05, 4.69) is 51.4 Å². The molecular formula is C26H24FN5. The highest BCUT2D eigenvalue weighted by Gasteiger charge is 2.18. The van der Waals surface area contributed by atoms with Crippen LogP contribution in [0.25, 0.3) is 33.6 Å². The standard InChI is InChI=1S/C26H24FN5/c1-3-4-21(18-5-8-20(27)9-6-18)24-16(2)29-26(30-24)25-22-15-19(7-10-23(22)31-32-25)17-11-13-28-14-12-17/h3-11,15,28H,1,12-14H2,2H3,(H,29,30)(H,31,32)/b21-4-. The minimum atomic E-state index is -0.270. The Bertz CT molecular complexity index is 1350. The number of halogens is 1. The molecule has 3 heterocycles. The second kappa shape index (κ2) is 8.40. The molecule has 0 amide bonds. The molecule has 0 radical (unpaired) electrons. The van der Waals surface area contributed by atoms with E-state index in [1.807, 2.05) is 13.0 Å². The van der Waals surface area contributed by atoms with Crippen LogP contribution in [-0.2, 0) is 0 Å². The molecular weight excluding hydrogens is 401 g/mol. The monoisotopic (exact) mass is 425 g/mol. The summed E-state index contributed by atoms with van der Waals surface area (Å²) in [5.41, 5.74) is 7.76. The molecule has 0 saturated carbocycles. The van der Waals surface area contributed by atoms with Crippen LogP contribution in [0.3, 0.4) is 0 Å². The zero-order valence-corrected chi connectivity index (χ0v) is 17.9. The number of rotatable bonds is 5. The Labute approximate surface area is 185 Å². The molecule has 2 aromatic heterocycles. The van der Waals surface area contributed by atoms with Crippen LogP contribution in [0.15, 0.2) is 67.3 Å². The van der Waals surface area contributed by atoms with Gasteiger partial charge in [0.1, 0.15) is 11.5 Å². The van der Waals surface area contributed by atoms with Crippen molar-refractivity contribution in [3.63, 3.8) is 0 Å². The quantitative estimate of drug-likeness (QED) is 0.375. The highest BCUT2D eigenvalue weighted by atomic mass is 19.1. The fraction of sp³-hybridized carbons (Fsp3) is 0.154. The average Bonchev–Trinajstić information content (AvgIpc) is 3.41. The van der Waals surface area contributed by atoms with E-state index in [1.54, 1.807) is 18.2 Å². The maximum absolute atomic E-state index is 13.4. The number of allylic oxidation sites excluding steroid dienone is 2. The van der Waals surface area contributed by atoms with Gasteiger partial charge in [-0.3, -0.25) is 5.10 Å². The van der Waals surface area contributed by atoms with E-state index in [-0.39, 0.29) is 5.82 Å². The van der Waals surface area contributed by atoms with E-state index in [0.29, 0.717) is 5.82 Å². The molecule has 0 saturated heterocycles. The molecule has 2 aromatic carbocycles. The lowest BCUT2D eigenvalue weighted by atomic mass is 9.98. The van der Waals surface area contributed by atoms with Crippen molar-refractivity contribution in [2.45, 2.75) is 13.3 Å². The Hall–Kier alpha value is -3.77. The molecule has 1 aliphatic rings. The van der Waals surface area contributed by atoms with Crippen molar-refractivity contribution in [1.29, 1.82) is 0 Å². The van der Waals surface area contributed by atoms with Gasteiger partial charge in [-0.1, -0.05) is 43.0 Å². The van der Waals surface area contributed by atoms with E-state index >= 15 is 0 Å². The van der Waals surface area contributed by atoms with Crippen LogP contribution in [0.5, 0.6) is 0 Å². The Morgan fingerprint density at radius 3 is 2.75 bits per heavy atom. The van der Waals surface area contributed by atoms with Gasteiger partial charge in [0, 0.05) is 23.2 Å². The van der Waals surface area contributed by atoms with Gasteiger partial charge < -0.3 is 10.3 Å². The highest BCUT2D eigenvalue weighted by molar-refractivity contribution is 5.94. The molecule has 32 heavy (non-hydrogen) atoms. The molecule has 5 nitrogen and oxygen atoms in total. The highest BCUT2D eigenvalue weighted by Crippen LogP contribution is 2.32. The van der Waals surface area contributed by atoms with E-state index in [1.165, 1.54) is 23.3 Å². The van der Waals surface area contributed by atoms with Crippen LogP contribution in [-0.4, -0.2) is 33.3 Å². The predicted octanol–water partition coefficient (Wildman–Crippen LogP) is 5.39. The van der Waals surface area contributed by atoms with Crippen LogP contribution >= 0.6 is 0 Å². The summed E-state index contributed by atoms with van der Waals surface area (Å²) in [6, 6.07) is 12.8. The number of aryl methyl sites for hydroxylation is 1. The number of aromatic nitrogens is 4. The third-order valence-corrected chi connectivity index (χ3v) is 5.80. The van der Waals surface area contributed by atoms with Crippen molar-refractivity contribution in [2.75, 3.05) is 13.1 Å². The smallest absolute Gasteiger partial charge is 0.159 e. The number of fused-ring (bicyclic) bond motifs is 1. The third-order valence-electron chi connectivity index (χ3n) is 5.80. The van der Waals surface area contributed by atoms with Gasteiger partial charge in [0.2, 0.25) is 0 Å². The first kappa shape index (κ1) is 20.2. The Morgan fingerprint density at radius 1 is 1.16 bits per heavy atom. The number of hydrogen-bond donors (Lipinski definition) is 3. The number of benzene rings is 2. The van der Waals surface area contributed by atoms with E-state index in [0.717, 1.165) is 58.6 Å². The summed E-state index contributed by atoms with van der Waals surface area (Å²) in [6.07, 6.45) is 6.87. The molecule has 3 N–H and O–H groups in total. The van der Waals surface area contributed by atoms with Gasteiger partial charge in [0.05, 0.1) is 11.2 Å². The van der Waals surface area contributed by atoms with Crippen molar-refractivity contribution in [2.24, 2.45) is 0 Å². The van der Waals surface area contributed by atoms with Crippen molar-refractivity contribution in [1.82, 2.24) is 25.5 Å². The molecule has 5 rings (SSSR count). The lowest BCUT2D eigenvalue weighted by Crippen LogP contribution is -2.19. The van der Waals surface area contributed by atoms with Crippen molar-refractivity contribution in [3.8, 4) is 11.5 Å².